The third-order valence-corrected chi connectivity index (χ3v) is 3.80. The molecule has 2 nitrogen and oxygen atoms in total. The second kappa shape index (κ2) is 8.81. The maximum Gasteiger partial charge on any atom is 0.129 e. The summed E-state index contributed by atoms with van der Waals surface area (Å²) in [5.41, 5.74) is 1.23. The van der Waals surface area contributed by atoms with E-state index in [0.717, 1.165) is 12.8 Å². The summed E-state index contributed by atoms with van der Waals surface area (Å²) in [6.07, 6.45) is 7.87. The van der Waals surface area contributed by atoms with Crippen molar-refractivity contribution in [1.29, 1.82) is 0 Å². The molecule has 1 saturated carbocycles. The summed E-state index contributed by atoms with van der Waals surface area (Å²) in [4.78, 5) is 0. The summed E-state index contributed by atoms with van der Waals surface area (Å²) < 4.78 is 19.9. The summed E-state index contributed by atoms with van der Waals surface area (Å²) >= 11 is 0. The van der Waals surface area contributed by atoms with E-state index in [2.05, 4.69) is 11.8 Å². The Morgan fingerprint density at radius 1 is 1.19 bits per heavy atom. The number of halogens is 1. The van der Waals surface area contributed by atoms with Crippen molar-refractivity contribution < 1.29 is 14.2 Å². The average Bonchev–Trinajstić information content (AvgIpc) is 2.75. The molecule has 0 aromatic heterocycles. The van der Waals surface area contributed by atoms with E-state index in [1.807, 2.05) is 0 Å². The number of hydrogen-bond acceptors (Lipinski definition) is 2. The summed E-state index contributed by atoms with van der Waals surface area (Å²) in [6.45, 7) is 0.365. The Hall–Kier alpha value is -1.37. The number of rotatable bonds is 4. The van der Waals surface area contributed by atoms with Gasteiger partial charge >= 0.3 is 0 Å². The van der Waals surface area contributed by atoms with Crippen molar-refractivity contribution in [3.63, 3.8) is 0 Å². The molecule has 0 amide bonds. The quantitative estimate of drug-likeness (QED) is 0.675. The lowest BCUT2D eigenvalue weighted by Crippen LogP contribution is -2.12. The number of ether oxygens (including phenoxy) is 1. The third-order valence-electron chi connectivity index (χ3n) is 3.80. The summed E-state index contributed by atoms with van der Waals surface area (Å²) in [5, 5.41) is 8.66. The Labute approximate surface area is 126 Å². The fraction of sp³-hybridized carbons (Fsp3) is 0.556. The van der Waals surface area contributed by atoms with Gasteiger partial charge in [0.05, 0.1) is 19.3 Å². The van der Waals surface area contributed by atoms with Crippen LogP contribution >= 0.6 is 0 Å². The van der Waals surface area contributed by atoms with Gasteiger partial charge in [-0.2, -0.15) is 0 Å². The molecule has 0 heterocycles. The lowest BCUT2D eigenvalue weighted by atomic mass is 10.1. The highest BCUT2D eigenvalue weighted by Crippen LogP contribution is 2.21. The Bertz CT molecular complexity index is 494. The molecule has 0 atom stereocenters. The van der Waals surface area contributed by atoms with E-state index in [1.54, 1.807) is 12.1 Å². The van der Waals surface area contributed by atoms with E-state index >= 15 is 0 Å². The zero-order valence-electron chi connectivity index (χ0n) is 12.4. The van der Waals surface area contributed by atoms with Crippen LogP contribution in [-0.4, -0.2) is 17.8 Å². The summed E-state index contributed by atoms with van der Waals surface area (Å²) in [5.74, 6) is 5.36. The van der Waals surface area contributed by atoms with Gasteiger partial charge in [0.25, 0.3) is 0 Å². The Balaban J connectivity index is 1.90. The molecule has 1 aliphatic carbocycles. The van der Waals surface area contributed by atoms with E-state index in [0.29, 0.717) is 24.2 Å². The van der Waals surface area contributed by atoms with Gasteiger partial charge in [-0.05, 0) is 25.0 Å². The molecule has 1 aromatic rings. The Morgan fingerprint density at radius 3 is 2.62 bits per heavy atom. The highest BCUT2D eigenvalue weighted by molar-refractivity contribution is 5.36. The minimum atomic E-state index is -0.264. The lowest BCUT2D eigenvalue weighted by Gasteiger charge is -2.15. The van der Waals surface area contributed by atoms with Gasteiger partial charge < -0.3 is 9.84 Å². The molecule has 1 aliphatic rings. The Morgan fingerprint density at radius 2 is 1.95 bits per heavy atom. The monoisotopic (exact) mass is 290 g/mol. The van der Waals surface area contributed by atoms with Crippen LogP contribution in [-0.2, 0) is 11.3 Å². The minimum absolute atomic E-state index is 0.0305. The zero-order valence-corrected chi connectivity index (χ0v) is 12.4. The summed E-state index contributed by atoms with van der Waals surface area (Å²) in [7, 11) is 0. The van der Waals surface area contributed by atoms with Gasteiger partial charge in [-0.3, -0.25) is 0 Å². The number of benzene rings is 1. The van der Waals surface area contributed by atoms with E-state index in [-0.39, 0.29) is 18.5 Å². The van der Waals surface area contributed by atoms with Crippen LogP contribution in [0.25, 0.3) is 0 Å². The normalized spacial score (nSPS) is 16.1. The second-order valence-corrected chi connectivity index (χ2v) is 5.51. The van der Waals surface area contributed by atoms with Crippen LogP contribution < -0.4 is 0 Å². The Kier molecular flexibility index (Phi) is 6.72. The molecule has 0 spiro atoms. The molecule has 2 rings (SSSR count). The second-order valence-electron chi connectivity index (χ2n) is 5.51. The van der Waals surface area contributed by atoms with E-state index in [4.69, 9.17) is 9.84 Å². The molecular weight excluding hydrogens is 267 g/mol. The van der Waals surface area contributed by atoms with Gasteiger partial charge in [0.1, 0.15) is 5.82 Å². The molecule has 0 saturated heterocycles. The maximum absolute atomic E-state index is 14.0. The fourth-order valence-corrected chi connectivity index (χ4v) is 2.58. The van der Waals surface area contributed by atoms with Crippen LogP contribution in [0.4, 0.5) is 4.39 Å². The van der Waals surface area contributed by atoms with Crippen LogP contribution in [0.3, 0.4) is 0 Å². The predicted octanol–water partition coefficient (Wildman–Crippen LogP) is 3.80. The first-order valence-corrected chi connectivity index (χ1v) is 7.79. The minimum Gasteiger partial charge on any atom is -0.395 e. The maximum atomic E-state index is 14.0. The number of aliphatic hydroxyl groups excluding tert-OH is 1. The molecule has 0 aliphatic heterocycles. The molecular formula is C18H23FO2. The van der Waals surface area contributed by atoms with Gasteiger partial charge in [-0.15, -0.1) is 0 Å². The van der Waals surface area contributed by atoms with Crippen LogP contribution in [0.2, 0.25) is 0 Å². The van der Waals surface area contributed by atoms with Gasteiger partial charge in [0.15, 0.2) is 0 Å². The van der Waals surface area contributed by atoms with Gasteiger partial charge in [0, 0.05) is 17.5 Å². The molecule has 0 bridgehead atoms. The molecule has 0 unspecified atom stereocenters. The number of hydrogen-bond donors (Lipinski definition) is 1. The smallest absolute Gasteiger partial charge is 0.129 e. The zero-order chi connectivity index (χ0) is 14.9. The van der Waals surface area contributed by atoms with Crippen molar-refractivity contribution in [3.8, 4) is 11.8 Å². The van der Waals surface area contributed by atoms with Crippen LogP contribution in [0.1, 0.15) is 56.1 Å². The number of aliphatic hydroxyl groups is 1. The van der Waals surface area contributed by atoms with Gasteiger partial charge in [-0.25, -0.2) is 4.39 Å². The van der Waals surface area contributed by atoms with Crippen molar-refractivity contribution in [2.75, 3.05) is 6.61 Å². The van der Waals surface area contributed by atoms with Crippen LogP contribution in [0, 0.1) is 17.7 Å². The first-order chi connectivity index (χ1) is 10.3. The van der Waals surface area contributed by atoms with Gasteiger partial charge in [0.2, 0.25) is 0 Å². The first-order valence-electron chi connectivity index (χ1n) is 7.79. The molecule has 1 fully saturated rings. The molecule has 0 radical (unpaired) electrons. The molecule has 3 heteroatoms. The molecule has 1 aromatic carbocycles. The highest BCUT2D eigenvalue weighted by Gasteiger charge is 2.13. The molecule has 1 N–H and O–H groups in total. The van der Waals surface area contributed by atoms with Crippen LogP contribution in [0.15, 0.2) is 18.2 Å². The summed E-state index contributed by atoms with van der Waals surface area (Å²) in [6, 6.07) is 4.99. The van der Waals surface area contributed by atoms with Crippen molar-refractivity contribution in [1.82, 2.24) is 0 Å². The van der Waals surface area contributed by atoms with Crippen molar-refractivity contribution in [3.05, 3.63) is 35.1 Å². The molecule has 21 heavy (non-hydrogen) atoms. The average molecular weight is 290 g/mol. The van der Waals surface area contributed by atoms with Crippen molar-refractivity contribution in [2.45, 2.75) is 57.7 Å². The van der Waals surface area contributed by atoms with E-state index < -0.39 is 0 Å². The van der Waals surface area contributed by atoms with Crippen molar-refractivity contribution >= 4 is 0 Å². The van der Waals surface area contributed by atoms with Gasteiger partial charge in [-0.1, -0.05) is 43.6 Å². The highest BCUT2D eigenvalue weighted by atomic mass is 19.1. The SMILES string of the molecule is OCCC#Cc1ccc(COC2CCCCCC2)c(F)c1. The third kappa shape index (κ3) is 5.49. The first kappa shape index (κ1) is 16.0. The lowest BCUT2D eigenvalue weighted by molar-refractivity contribution is 0.0295. The fourth-order valence-electron chi connectivity index (χ4n) is 2.58. The van der Waals surface area contributed by atoms with E-state index in [1.165, 1.54) is 31.7 Å². The topological polar surface area (TPSA) is 29.5 Å². The molecule has 114 valence electrons. The van der Waals surface area contributed by atoms with Crippen LogP contribution in [0.5, 0.6) is 0 Å². The van der Waals surface area contributed by atoms with E-state index in [9.17, 15) is 4.39 Å². The van der Waals surface area contributed by atoms with Crippen molar-refractivity contribution in [2.24, 2.45) is 0 Å². The largest absolute Gasteiger partial charge is 0.395 e. The standard InChI is InChI=1S/C18H23FO2/c19-18-13-15(7-5-6-12-20)10-11-16(18)14-21-17-8-3-1-2-4-9-17/h10-11,13,17,20H,1-4,6,8-9,12,14H2. The predicted molar refractivity (Wildman–Crippen MR) is 81.3 cm³/mol.